The van der Waals surface area contributed by atoms with Crippen LogP contribution in [0.2, 0.25) is 0 Å². The molecular weight excluding hydrogens is 212 g/mol. The molecule has 0 aliphatic carbocycles. The second-order valence-electron chi connectivity index (χ2n) is 4.11. The van der Waals surface area contributed by atoms with Crippen molar-refractivity contribution in [2.24, 2.45) is 5.73 Å². The molecule has 0 aliphatic rings. The number of aromatic amines is 1. The molecule has 3 N–H and O–H groups in total. The van der Waals surface area contributed by atoms with Gasteiger partial charge in [0.25, 0.3) is 0 Å². The summed E-state index contributed by atoms with van der Waals surface area (Å²) >= 11 is 0. The van der Waals surface area contributed by atoms with E-state index in [1.54, 1.807) is 0 Å². The molecule has 90 valence electrons. The Hall–Kier alpha value is -1.68. The van der Waals surface area contributed by atoms with Crippen LogP contribution in [0.3, 0.4) is 0 Å². The van der Waals surface area contributed by atoms with Crippen molar-refractivity contribution in [2.75, 3.05) is 0 Å². The van der Waals surface area contributed by atoms with E-state index in [2.05, 4.69) is 27.3 Å². The maximum absolute atomic E-state index is 6.12. The molecule has 0 bridgehead atoms. The molecule has 17 heavy (non-hydrogen) atoms. The first-order valence-corrected chi connectivity index (χ1v) is 6.00. The van der Waals surface area contributed by atoms with E-state index in [1.807, 2.05) is 25.1 Å². The van der Waals surface area contributed by atoms with E-state index in [9.17, 15) is 0 Å². The molecule has 0 radical (unpaired) electrons. The number of nitrogens with zero attached hydrogens (tertiary/aromatic N) is 2. The maximum atomic E-state index is 6.12. The van der Waals surface area contributed by atoms with Crippen molar-refractivity contribution in [1.29, 1.82) is 0 Å². The number of rotatable bonds is 5. The van der Waals surface area contributed by atoms with Gasteiger partial charge in [0, 0.05) is 18.9 Å². The number of hydrogen-bond donors (Lipinski definition) is 2. The van der Waals surface area contributed by atoms with Crippen LogP contribution in [0.15, 0.2) is 30.3 Å². The highest BCUT2D eigenvalue weighted by atomic mass is 15.2. The van der Waals surface area contributed by atoms with Crippen molar-refractivity contribution in [1.82, 2.24) is 15.2 Å². The van der Waals surface area contributed by atoms with Gasteiger partial charge in [-0.05, 0) is 12.0 Å². The molecule has 0 saturated heterocycles. The fraction of sp³-hybridized carbons (Fsp3) is 0.385. The van der Waals surface area contributed by atoms with Crippen LogP contribution in [0.1, 0.15) is 36.6 Å². The molecule has 2 aromatic rings. The van der Waals surface area contributed by atoms with Crippen LogP contribution in [0.4, 0.5) is 0 Å². The first-order chi connectivity index (χ1) is 8.29. The van der Waals surface area contributed by atoms with Crippen LogP contribution < -0.4 is 5.73 Å². The van der Waals surface area contributed by atoms with Crippen LogP contribution in [0, 0.1) is 0 Å². The van der Waals surface area contributed by atoms with Crippen molar-refractivity contribution < 1.29 is 0 Å². The Balaban J connectivity index is 1.90. The number of H-pyrrole nitrogens is 1. The molecule has 0 spiro atoms. The quantitative estimate of drug-likeness (QED) is 0.825. The van der Waals surface area contributed by atoms with E-state index in [0.717, 1.165) is 30.9 Å². The highest BCUT2D eigenvalue weighted by Gasteiger charge is 2.07. The molecule has 4 heteroatoms. The number of benzene rings is 1. The van der Waals surface area contributed by atoms with Crippen LogP contribution in [0.5, 0.6) is 0 Å². The Bertz CT molecular complexity index is 449. The molecule has 0 aliphatic heterocycles. The van der Waals surface area contributed by atoms with Gasteiger partial charge in [-0.25, -0.2) is 4.98 Å². The first kappa shape index (κ1) is 11.8. The largest absolute Gasteiger partial charge is 0.324 e. The number of nitrogens with two attached hydrogens (primary N) is 1. The molecule has 1 atom stereocenters. The molecule has 2 rings (SSSR count). The average Bonchev–Trinajstić information content (AvgIpc) is 2.85. The highest BCUT2D eigenvalue weighted by Crippen LogP contribution is 2.15. The maximum Gasteiger partial charge on any atom is 0.150 e. The first-order valence-electron chi connectivity index (χ1n) is 6.00. The molecule has 1 heterocycles. The summed E-state index contributed by atoms with van der Waals surface area (Å²) in [5.41, 5.74) is 7.29. The normalized spacial score (nSPS) is 12.6. The predicted molar refractivity (Wildman–Crippen MR) is 67.5 cm³/mol. The minimum absolute atomic E-state index is 0.0615. The van der Waals surface area contributed by atoms with E-state index in [0.29, 0.717) is 0 Å². The lowest BCUT2D eigenvalue weighted by atomic mass is 10.0. The van der Waals surface area contributed by atoms with E-state index in [-0.39, 0.29) is 6.04 Å². The standard InChI is InChI=1S/C13H18N4/c1-2-12-15-13(17-16-12)9-8-11(14)10-6-4-3-5-7-10/h3-7,11H,2,8-9,14H2,1H3,(H,15,16,17). The average molecular weight is 230 g/mol. The fourth-order valence-electron chi connectivity index (χ4n) is 1.76. The Morgan fingerprint density at radius 2 is 2.06 bits per heavy atom. The summed E-state index contributed by atoms with van der Waals surface area (Å²) in [5, 5.41) is 7.06. The molecule has 1 aromatic carbocycles. The third-order valence-electron chi connectivity index (χ3n) is 2.81. The summed E-state index contributed by atoms with van der Waals surface area (Å²) in [4.78, 5) is 4.37. The van der Waals surface area contributed by atoms with Crippen molar-refractivity contribution in [2.45, 2.75) is 32.2 Å². The Morgan fingerprint density at radius 3 is 2.71 bits per heavy atom. The smallest absolute Gasteiger partial charge is 0.150 e. The molecule has 1 aromatic heterocycles. The SMILES string of the molecule is CCc1n[nH]c(CCC(N)c2ccccc2)n1. The summed E-state index contributed by atoms with van der Waals surface area (Å²) in [7, 11) is 0. The molecular formula is C13H18N4. The highest BCUT2D eigenvalue weighted by molar-refractivity contribution is 5.18. The number of aryl methyl sites for hydroxylation is 2. The van der Waals surface area contributed by atoms with E-state index >= 15 is 0 Å². The van der Waals surface area contributed by atoms with E-state index < -0.39 is 0 Å². The minimum atomic E-state index is 0.0615. The van der Waals surface area contributed by atoms with E-state index in [1.165, 1.54) is 5.56 Å². The topological polar surface area (TPSA) is 67.6 Å². The van der Waals surface area contributed by atoms with Gasteiger partial charge in [0.2, 0.25) is 0 Å². The van der Waals surface area contributed by atoms with Gasteiger partial charge in [0.15, 0.2) is 0 Å². The lowest BCUT2D eigenvalue weighted by Gasteiger charge is -2.10. The molecule has 4 nitrogen and oxygen atoms in total. The zero-order valence-corrected chi connectivity index (χ0v) is 10.1. The van der Waals surface area contributed by atoms with Gasteiger partial charge >= 0.3 is 0 Å². The molecule has 0 amide bonds. The third-order valence-corrected chi connectivity index (χ3v) is 2.81. The lowest BCUT2D eigenvalue weighted by molar-refractivity contribution is 0.635. The van der Waals surface area contributed by atoms with Gasteiger partial charge in [0.05, 0.1) is 0 Å². The fourth-order valence-corrected chi connectivity index (χ4v) is 1.76. The van der Waals surface area contributed by atoms with Gasteiger partial charge in [-0.2, -0.15) is 5.10 Å². The monoisotopic (exact) mass is 230 g/mol. The van der Waals surface area contributed by atoms with Crippen molar-refractivity contribution >= 4 is 0 Å². The third kappa shape index (κ3) is 3.14. The Morgan fingerprint density at radius 1 is 1.29 bits per heavy atom. The summed E-state index contributed by atoms with van der Waals surface area (Å²) < 4.78 is 0. The molecule has 0 saturated carbocycles. The summed E-state index contributed by atoms with van der Waals surface area (Å²) in [6.07, 6.45) is 2.58. The van der Waals surface area contributed by atoms with Crippen LogP contribution in [0.25, 0.3) is 0 Å². The van der Waals surface area contributed by atoms with Gasteiger partial charge < -0.3 is 5.73 Å². The zero-order valence-electron chi connectivity index (χ0n) is 10.1. The number of nitrogens with one attached hydrogen (secondary N) is 1. The predicted octanol–water partition coefficient (Wildman–Crippen LogP) is 2.00. The zero-order chi connectivity index (χ0) is 12.1. The molecule has 1 unspecified atom stereocenters. The van der Waals surface area contributed by atoms with Crippen LogP contribution >= 0.6 is 0 Å². The lowest BCUT2D eigenvalue weighted by Crippen LogP contribution is -2.11. The number of aromatic nitrogens is 3. The second kappa shape index (κ2) is 5.59. The Kier molecular flexibility index (Phi) is 3.88. The van der Waals surface area contributed by atoms with Gasteiger partial charge in [0.1, 0.15) is 11.6 Å². The second-order valence-corrected chi connectivity index (χ2v) is 4.11. The minimum Gasteiger partial charge on any atom is -0.324 e. The van der Waals surface area contributed by atoms with E-state index in [4.69, 9.17) is 5.73 Å². The van der Waals surface area contributed by atoms with Gasteiger partial charge in [-0.15, -0.1) is 0 Å². The van der Waals surface area contributed by atoms with Crippen LogP contribution in [-0.2, 0) is 12.8 Å². The summed E-state index contributed by atoms with van der Waals surface area (Å²) in [6, 6.07) is 10.2. The number of hydrogen-bond acceptors (Lipinski definition) is 3. The van der Waals surface area contributed by atoms with Crippen molar-refractivity contribution in [3.8, 4) is 0 Å². The Labute approximate surface area is 101 Å². The van der Waals surface area contributed by atoms with Crippen molar-refractivity contribution in [3.63, 3.8) is 0 Å². The summed E-state index contributed by atoms with van der Waals surface area (Å²) in [6.45, 7) is 2.04. The molecule has 0 fully saturated rings. The van der Waals surface area contributed by atoms with Crippen LogP contribution in [-0.4, -0.2) is 15.2 Å². The van der Waals surface area contributed by atoms with Gasteiger partial charge in [-0.3, -0.25) is 5.10 Å². The summed E-state index contributed by atoms with van der Waals surface area (Å²) in [5.74, 6) is 1.79. The van der Waals surface area contributed by atoms with Crippen molar-refractivity contribution in [3.05, 3.63) is 47.5 Å². The van der Waals surface area contributed by atoms with Gasteiger partial charge in [-0.1, -0.05) is 37.3 Å².